The minimum absolute atomic E-state index is 0.279. The van der Waals surface area contributed by atoms with Crippen molar-refractivity contribution in [3.63, 3.8) is 0 Å². The molecule has 0 fully saturated rings. The molecule has 1 aromatic carbocycles. The van der Waals surface area contributed by atoms with Crippen LogP contribution in [0.4, 0.5) is 0 Å². The molecular weight excluding hydrogens is 291 g/mol. The molecule has 0 amide bonds. The molecule has 1 atom stereocenters. The lowest BCUT2D eigenvalue weighted by Gasteiger charge is -2.20. The molecule has 0 saturated carbocycles. The van der Waals surface area contributed by atoms with Crippen LogP contribution in [0.25, 0.3) is 0 Å². The standard InChI is InChI=1S/C16H18Cl2N2/c1-20(2)8-7-16(12-3-5-14(17)6-4-12)13-9-15(18)11-19-10-13/h3-6,9-11,16H,7-8H2,1-2H3. The zero-order chi connectivity index (χ0) is 14.5. The SMILES string of the molecule is CN(C)CCC(c1ccc(Cl)cc1)c1cncc(Cl)c1. The molecule has 2 nitrogen and oxygen atoms in total. The van der Waals surface area contributed by atoms with Gasteiger partial charge < -0.3 is 4.90 Å². The van der Waals surface area contributed by atoms with E-state index in [0.717, 1.165) is 23.6 Å². The van der Waals surface area contributed by atoms with Crippen LogP contribution in [0.3, 0.4) is 0 Å². The minimum atomic E-state index is 0.279. The highest BCUT2D eigenvalue weighted by atomic mass is 35.5. The molecule has 0 aliphatic rings. The van der Waals surface area contributed by atoms with Gasteiger partial charge in [0.15, 0.2) is 0 Å². The summed E-state index contributed by atoms with van der Waals surface area (Å²) in [7, 11) is 4.16. The molecule has 1 unspecified atom stereocenters. The van der Waals surface area contributed by atoms with Crippen molar-refractivity contribution in [3.05, 3.63) is 63.9 Å². The summed E-state index contributed by atoms with van der Waals surface area (Å²) in [6.45, 7) is 1.000. The Bertz CT molecular complexity index is 553. The molecule has 0 aliphatic heterocycles. The number of rotatable bonds is 5. The van der Waals surface area contributed by atoms with Crippen molar-refractivity contribution in [2.45, 2.75) is 12.3 Å². The molecule has 106 valence electrons. The predicted molar refractivity (Wildman–Crippen MR) is 85.7 cm³/mol. The van der Waals surface area contributed by atoms with E-state index in [4.69, 9.17) is 23.2 Å². The van der Waals surface area contributed by atoms with Gasteiger partial charge in [-0.25, -0.2) is 0 Å². The fourth-order valence-electron chi connectivity index (χ4n) is 2.23. The highest BCUT2D eigenvalue weighted by Gasteiger charge is 2.15. The Labute approximate surface area is 130 Å². The van der Waals surface area contributed by atoms with Gasteiger partial charge in [0.2, 0.25) is 0 Å². The predicted octanol–water partition coefficient (Wildman–Crippen LogP) is 4.47. The maximum Gasteiger partial charge on any atom is 0.0592 e. The van der Waals surface area contributed by atoms with Gasteiger partial charge in [0, 0.05) is 23.3 Å². The Morgan fingerprint density at radius 2 is 1.70 bits per heavy atom. The van der Waals surface area contributed by atoms with Gasteiger partial charge in [0.25, 0.3) is 0 Å². The maximum atomic E-state index is 6.07. The molecule has 0 aliphatic carbocycles. The van der Waals surface area contributed by atoms with E-state index in [9.17, 15) is 0 Å². The van der Waals surface area contributed by atoms with Crippen LogP contribution in [-0.4, -0.2) is 30.5 Å². The summed E-state index contributed by atoms with van der Waals surface area (Å²) in [6, 6.07) is 9.99. The first kappa shape index (κ1) is 15.3. The summed E-state index contributed by atoms with van der Waals surface area (Å²) in [5, 5.41) is 1.43. The monoisotopic (exact) mass is 308 g/mol. The van der Waals surface area contributed by atoms with Crippen molar-refractivity contribution in [1.29, 1.82) is 0 Å². The van der Waals surface area contributed by atoms with Gasteiger partial charge in [-0.05, 0) is 56.4 Å². The van der Waals surface area contributed by atoms with Crippen molar-refractivity contribution in [1.82, 2.24) is 9.88 Å². The molecule has 0 saturated heterocycles. The molecular formula is C16H18Cl2N2. The van der Waals surface area contributed by atoms with Crippen LogP contribution in [0, 0.1) is 0 Å². The quantitative estimate of drug-likeness (QED) is 0.810. The molecule has 1 aromatic heterocycles. The topological polar surface area (TPSA) is 16.1 Å². The highest BCUT2D eigenvalue weighted by molar-refractivity contribution is 6.30. The summed E-state index contributed by atoms with van der Waals surface area (Å²) in [5.41, 5.74) is 2.38. The number of hydrogen-bond acceptors (Lipinski definition) is 2. The second-order valence-electron chi connectivity index (χ2n) is 5.13. The van der Waals surface area contributed by atoms with Gasteiger partial charge in [-0.1, -0.05) is 35.3 Å². The first-order valence-corrected chi connectivity index (χ1v) is 7.32. The lowest BCUT2D eigenvalue weighted by atomic mass is 9.89. The van der Waals surface area contributed by atoms with Gasteiger partial charge >= 0.3 is 0 Å². The second kappa shape index (κ2) is 7.07. The largest absolute Gasteiger partial charge is 0.309 e. The van der Waals surface area contributed by atoms with E-state index < -0.39 is 0 Å². The molecule has 1 heterocycles. The zero-order valence-corrected chi connectivity index (χ0v) is 13.2. The lowest BCUT2D eigenvalue weighted by Crippen LogP contribution is -2.16. The molecule has 0 N–H and O–H groups in total. The van der Waals surface area contributed by atoms with Crippen LogP contribution in [0.1, 0.15) is 23.5 Å². The number of halogens is 2. The lowest BCUT2D eigenvalue weighted by molar-refractivity contribution is 0.390. The Morgan fingerprint density at radius 1 is 1.00 bits per heavy atom. The van der Waals surface area contributed by atoms with Gasteiger partial charge in [-0.3, -0.25) is 4.98 Å². The van der Waals surface area contributed by atoms with Gasteiger partial charge in [-0.15, -0.1) is 0 Å². The molecule has 2 rings (SSSR count). The summed E-state index contributed by atoms with van der Waals surface area (Å²) in [5.74, 6) is 0.279. The third-order valence-corrected chi connectivity index (χ3v) is 3.72. The summed E-state index contributed by atoms with van der Waals surface area (Å²) in [6.07, 6.45) is 4.56. The van der Waals surface area contributed by atoms with E-state index in [1.807, 2.05) is 24.4 Å². The third-order valence-electron chi connectivity index (χ3n) is 3.27. The van der Waals surface area contributed by atoms with E-state index >= 15 is 0 Å². The Morgan fingerprint density at radius 3 is 2.30 bits per heavy atom. The van der Waals surface area contributed by atoms with E-state index in [2.05, 4.69) is 36.1 Å². The molecule has 0 bridgehead atoms. The summed E-state index contributed by atoms with van der Waals surface area (Å²) in [4.78, 5) is 6.39. The van der Waals surface area contributed by atoms with E-state index in [-0.39, 0.29) is 5.92 Å². The van der Waals surface area contributed by atoms with E-state index in [1.165, 1.54) is 5.56 Å². The molecule has 0 spiro atoms. The summed E-state index contributed by atoms with van der Waals surface area (Å²) >= 11 is 12.0. The van der Waals surface area contributed by atoms with Crippen molar-refractivity contribution in [2.75, 3.05) is 20.6 Å². The first-order chi connectivity index (χ1) is 9.56. The maximum absolute atomic E-state index is 6.07. The van der Waals surface area contributed by atoms with Crippen molar-refractivity contribution in [2.24, 2.45) is 0 Å². The first-order valence-electron chi connectivity index (χ1n) is 6.57. The van der Waals surface area contributed by atoms with Crippen LogP contribution in [0.5, 0.6) is 0 Å². The Balaban J connectivity index is 2.31. The van der Waals surface area contributed by atoms with Crippen LogP contribution >= 0.6 is 23.2 Å². The van der Waals surface area contributed by atoms with E-state index in [1.54, 1.807) is 6.20 Å². The molecule has 0 radical (unpaired) electrons. The summed E-state index contributed by atoms with van der Waals surface area (Å²) < 4.78 is 0. The van der Waals surface area contributed by atoms with Crippen molar-refractivity contribution in [3.8, 4) is 0 Å². The van der Waals surface area contributed by atoms with Crippen molar-refractivity contribution >= 4 is 23.2 Å². The van der Waals surface area contributed by atoms with Gasteiger partial charge in [0.1, 0.15) is 0 Å². The number of benzene rings is 1. The molecule has 20 heavy (non-hydrogen) atoms. The average Bonchev–Trinajstić information content (AvgIpc) is 2.41. The third kappa shape index (κ3) is 4.20. The number of nitrogens with zero attached hydrogens (tertiary/aromatic N) is 2. The second-order valence-corrected chi connectivity index (χ2v) is 6.01. The van der Waals surface area contributed by atoms with Gasteiger partial charge in [-0.2, -0.15) is 0 Å². The Kier molecular flexibility index (Phi) is 5.41. The van der Waals surface area contributed by atoms with E-state index in [0.29, 0.717) is 5.02 Å². The van der Waals surface area contributed by atoms with Crippen LogP contribution in [0.2, 0.25) is 10.0 Å². The Hall–Kier alpha value is -1.09. The van der Waals surface area contributed by atoms with Crippen LogP contribution < -0.4 is 0 Å². The molecule has 4 heteroatoms. The van der Waals surface area contributed by atoms with Crippen LogP contribution in [0.15, 0.2) is 42.7 Å². The number of aromatic nitrogens is 1. The molecule has 2 aromatic rings. The average molecular weight is 309 g/mol. The normalized spacial score (nSPS) is 12.7. The fraction of sp³-hybridized carbons (Fsp3) is 0.312. The zero-order valence-electron chi connectivity index (χ0n) is 11.7. The fourth-order valence-corrected chi connectivity index (χ4v) is 2.54. The number of hydrogen-bond donors (Lipinski definition) is 0. The van der Waals surface area contributed by atoms with Crippen molar-refractivity contribution < 1.29 is 0 Å². The number of pyridine rings is 1. The van der Waals surface area contributed by atoms with Crippen LogP contribution in [-0.2, 0) is 0 Å². The van der Waals surface area contributed by atoms with Gasteiger partial charge in [0.05, 0.1) is 5.02 Å². The smallest absolute Gasteiger partial charge is 0.0592 e. The highest BCUT2D eigenvalue weighted by Crippen LogP contribution is 2.29. The minimum Gasteiger partial charge on any atom is -0.309 e.